The lowest BCUT2D eigenvalue weighted by molar-refractivity contribution is 0.414. The number of para-hydroxylation sites is 1. The molecule has 0 radical (unpaired) electrons. The number of ether oxygens (including phenoxy) is 1. The maximum atomic E-state index is 12.8. The third-order valence-corrected chi connectivity index (χ3v) is 6.30. The van der Waals surface area contributed by atoms with Gasteiger partial charge in [-0.1, -0.05) is 24.3 Å². The molecule has 4 rings (SSSR count). The number of thiophene rings is 1. The number of hydrogen-bond donors (Lipinski definition) is 2. The Morgan fingerprint density at radius 2 is 1.94 bits per heavy atom. The fourth-order valence-electron chi connectivity index (χ4n) is 3.42. The molecule has 0 aliphatic heterocycles. The number of anilines is 1. The molecule has 0 saturated carbocycles. The Hall–Kier alpha value is -3.16. The molecule has 0 amide bonds. The number of fused-ring (bicyclic) bond motifs is 1. The van der Waals surface area contributed by atoms with E-state index in [4.69, 9.17) is 17.0 Å². The molecule has 0 aliphatic rings. The Bertz CT molecular complexity index is 1250. The summed E-state index contributed by atoms with van der Waals surface area (Å²) in [6.07, 6.45) is 0. The summed E-state index contributed by atoms with van der Waals surface area (Å²) in [6, 6.07) is 19.6. The van der Waals surface area contributed by atoms with Gasteiger partial charge in [0.15, 0.2) is 5.11 Å². The number of nitrogens with one attached hydrogen (secondary N) is 2. The van der Waals surface area contributed by atoms with E-state index < -0.39 is 0 Å². The third kappa shape index (κ3) is 4.95. The fourth-order valence-corrected chi connectivity index (χ4v) is 4.39. The first-order valence-electron chi connectivity index (χ1n) is 9.87. The minimum atomic E-state index is -0.0924. The molecule has 0 spiro atoms. The van der Waals surface area contributed by atoms with Crippen molar-refractivity contribution >= 4 is 45.3 Å². The Kier molecular flexibility index (Phi) is 6.34. The topological polar surface area (TPSA) is 57.4 Å². The maximum Gasteiger partial charge on any atom is 0.253 e. The number of aryl methyl sites for hydroxylation is 1. The van der Waals surface area contributed by atoms with Crippen LogP contribution in [0.25, 0.3) is 10.9 Å². The highest BCUT2D eigenvalue weighted by Crippen LogP contribution is 2.20. The second-order valence-electron chi connectivity index (χ2n) is 7.26. The van der Waals surface area contributed by atoms with Crippen molar-refractivity contribution in [2.45, 2.75) is 20.0 Å². The van der Waals surface area contributed by atoms with Gasteiger partial charge in [0, 0.05) is 16.1 Å². The summed E-state index contributed by atoms with van der Waals surface area (Å²) in [6.45, 7) is 3.01. The van der Waals surface area contributed by atoms with Crippen LogP contribution in [0.15, 0.2) is 70.8 Å². The second kappa shape index (κ2) is 9.32. The number of H-pyrrole nitrogens is 1. The lowest BCUT2D eigenvalue weighted by Crippen LogP contribution is -2.35. The van der Waals surface area contributed by atoms with Gasteiger partial charge in [0.1, 0.15) is 5.75 Å². The van der Waals surface area contributed by atoms with E-state index >= 15 is 0 Å². The number of hydrogen-bond acceptors (Lipinski definition) is 4. The molecule has 0 unspecified atom stereocenters. The highest BCUT2D eigenvalue weighted by molar-refractivity contribution is 7.80. The molecule has 7 heteroatoms. The van der Waals surface area contributed by atoms with Gasteiger partial charge >= 0.3 is 0 Å². The summed E-state index contributed by atoms with van der Waals surface area (Å²) in [4.78, 5) is 19.0. The van der Waals surface area contributed by atoms with Crippen LogP contribution in [0.4, 0.5) is 5.69 Å². The predicted molar refractivity (Wildman–Crippen MR) is 132 cm³/mol. The van der Waals surface area contributed by atoms with E-state index in [1.165, 1.54) is 4.88 Å². The molecular formula is C24H23N3O2S2. The molecule has 2 heterocycles. The van der Waals surface area contributed by atoms with E-state index in [1.54, 1.807) is 18.4 Å². The SMILES string of the molecule is COc1ccc(NC(=S)N(Cc2cccs2)Cc2cc3cccc(C)c3[nH]c2=O)cc1. The molecule has 2 aromatic heterocycles. The molecule has 158 valence electrons. The number of methoxy groups -OCH3 is 1. The van der Waals surface area contributed by atoms with E-state index in [0.29, 0.717) is 23.8 Å². The number of nitrogens with zero attached hydrogens (tertiary/aromatic N) is 1. The Morgan fingerprint density at radius 3 is 2.65 bits per heavy atom. The van der Waals surface area contributed by atoms with Gasteiger partial charge in [0.25, 0.3) is 5.56 Å². The smallest absolute Gasteiger partial charge is 0.253 e. The standard InChI is InChI=1S/C24H23N3O2S2/c1-16-5-3-6-17-13-18(23(28)26-22(16)17)14-27(15-21-7-4-12-31-21)24(30)25-19-8-10-20(29-2)11-9-19/h3-13H,14-15H2,1-2H3,(H,25,30)(H,26,28). The lowest BCUT2D eigenvalue weighted by Gasteiger charge is -2.25. The summed E-state index contributed by atoms with van der Waals surface area (Å²) >= 11 is 7.39. The number of benzene rings is 2. The van der Waals surface area contributed by atoms with Crippen molar-refractivity contribution in [1.29, 1.82) is 0 Å². The van der Waals surface area contributed by atoms with Crippen molar-refractivity contribution in [2.75, 3.05) is 12.4 Å². The predicted octanol–water partition coefficient (Wildman–Crippen LogP) is 5.31. The minimum Gasteiger partial charge on any atom is -0.497 e. The molecule has 2 N–H and O–H groups in total. The van der Waals surface area contributed by atoms with Crippen LogP contribution in [0.2, 0.25) is 0 Å². The van der Waals surface area contributed by atoms with Gasteiger partial charge in [-0.3, -0.25) is 4.79 Å². The third-order valence-electron chi connectivity index (χ3n) is 5.08. The van der Waals surface area contributed by atoms with Gasteiger partial charge in [-0.05, 0) is 71.9 Å². The van der Waals surface area contributed by atoms with Crippen LogP contribution in [0.5, 0.6) is 5.75 Å². The highest BCUT2D eigenvalue weighted by atomic mass is 32.1. The lowest BCUT2D eigenvalue weighted by atomic mass is 10.1. The maximum absolute atomic E-state index is 12.8. The zero-order chi connectivity index (χ0) is 21.8. The first kappa shape index (κ1) is 21.1. The molecule has 2 aromatic carbocycles. The number of aromatic amines is 1. The first-order chi connectivity index (χ1) is 15.0. The molecule has 0 bridgehead atoms. The van der Waals surface area contributed by atoms with E-state index in [0.717, 1.165) is 27.9 Å². The second-order valence-corrected chi connectivity index (χ2v) is 8.68. The number of aromatic nitrogens is 1. The first-order valence-corrected chi connectivity index (χ1v) is 11.2. The van der Waals surface area contributed by atoms with Gasteiger partial charge in [-0.2, -0.15) is 0 Å². The molecule has 31 heavy (non-hydrogen) atoms. The van der Waals surface area contributed by atoms with Crippen LogP contribution in [-0.2, 0) is 13.1 Å². The van der Waals surface area contributed by atoms with Crippen LogP contribution >= 0.6 is 23.6 Å². The molecule has 4 aromatic rings. The summed E-state index contributed by atoms with van der Waals surface area (Å²) in [5, 5.41) is 6.90. The van der Waals surface area contributed by atoms with E-state index in [1.807, 2.05) is 71.8 Å². The van der Waals surface area contributed by atoms with Gasteiger partial charge in [0.05, 0.1) is 25.7 Å². The van der Waals surface area contributed by atoms with E-state index in [-0.39, 0.29) is 5.56 Å². The van der Waals surface area contributed by atoms with Crippen molar-refractivity contribution in [3.63, 3.8) is 0 Å². The van der Waals surface area contributed by atoms with Crippen LogP contribution in [0, 0.1) is 6.92 Å². The van der Waals surface area contributed by atoms with Crippen LogP contribution in [0.3, 0.4) is 0 Å². The minimum absolute atomic E-state index is 0.0924. The summed E-state index contributed by atoms with van der Waals surface area (Å²) in [5.41, 5.74) is 3.37. The van der Waals surface area contributed by atoms with Crippen molar-refractivity contribution in [1.82, 2.24) is 9.88 Å². The fraction of sp³-hybridized carbons (Fsp3) is 0.167. The van der Waals surface area contributed by atoms with Gasteiger partial charge in [-0.15, -0.1) is 11.3 Å². The Balaban J connectivity index is 1.61. The van der Waals surface area contributed by atoms with Crippen molar-refractivity contribution < 1.29 is 4.74 Å². The van der Waals surface area contributed by atoms with Crippen molar-refractivity contribution in [3.8, 4) is 5.75 Å². The quantitative estimate of drug-likeness (QED) is 0.391. The van der Waals surface area contributed by atoms with Crippen LogP contribution in [-0.4, -0.2) is 22.1 Å². The van der Waals surface area contributed by atoms with E-state index in [2.05, 4.69) is 16.4 Å². The molecular weight excluding hydrogens is 426 g/mol. The van der Waals surface area contributed by atoms with Crippen molar-refractivity contribution in [2.24, 2.45) is 0 Å². The molecule has 0 aliphatic carbocycles. The monoisotopic (exact) mass is 449 g/mol. The average molecular weight is 450 g/mol. The summed E-state index contributed by atoms with van der Waals surface area (Å²) < 4.78 is 5.22. The van der Waals surface area contributed by atoms with Crippen LogP contribution in [0.1, 0.15) is 16.0 Å². The summed E-state index contributed by atoms with van der Waals surface area (Å²) in [5.74, 6) is 0.782. The Labute approximate surface area is 190 Å². The van der Waals surface area contributed by atoms with Gasteiger partial charge < -0.3 is 19.9 Å². The van der Waals surface area contributed by atoms with Crippen molar-refractivity contribution in [3.05, 3.63) is 92.4 Å². The average Bonchev–Trinajstić information content (AvgIpc) is 3.28. The van der Waals surface area contributed by atoms with Gasteiger partial charge in [-0.25, -0.2) is 0 Å². The zero-order valence-electron chi connectivity index (χ0n) is 17.3. The normalized spacial score (nSPS) is 10.8. The molecule has 5 nitrogen and oxygen atoms in total. The van der Waals surface area contributed by atoms with Crippen LogP contribution < -0.4 is 15.6 Å². The Morgan fingerprint density at radius 1 is 1.13 bits per heavy atom. The highest BCUT2D eigenvalue weighted by Gasteiger charge is 2.15. The number of thiocarbonyl (C=S) groups is 1. The molecule has 0 atom stereocenters. The van der Waals surface area contributed by atoms with E-state index in [9.17, 15) is 4.79 Å². The largest absolute Gasteiger partial charge is 0.497 e. The molecule has 0 saturated heterocycles. The summed E-state index contributed by atoms with van der Waals surface area (Å²) in [7, 11) is 1.64. The number of pyridine rings is 1. The van der Waals surface area contributed by atoms with Gasteiger partial charge in [0.2, 0.25) is 0 Å². The zero-order valence-corrected chi connectivity index (χ0v) is 19.0. The number of rotatable bonds is 6. The molecule has 0 fully saturated rings.